The molecule has 0 atom stereocenters. The van der Waals surface area contributed by atoms with Crippen LogP contribution < -0.4 is 5.32 Å². The van der Waals surface area contributed by atoms with Crippen molar-refractivity contribution in [3.8, 4) is 0 Å². The van der Waals surface area contributed by atoms with Gasteiger partial charge in [-0.05, 0) is 18.2 Å². The van der Waals surface area contributed by atoms with Gasteiger partial charge in [0.15, 0.2) is 5.16 Å². The van der Waals surface area contributed by atoms with Crippen molar-refractivity contribution in [1.82, 2.24) is 9.97 Å². The van der Waals surface area contributed by atoms with E-state index in [9.17, 15) is 14.4 Å². The molecule has 0 saturated heterocycles. The second-order valence-corrected chi connectivity index (χ2v) is 4.83. The van der Waals surface area contributed by atoms with Crippen molar-refractivity contribution in [2.24, 2.45) is 0 Å². The number of nitrogens with zero attached hydrogens (tertiary/aromatic N) is 1. The predicted molar refractivity (Wildman–Crippen MR) is 72.4 cm³/mol. The summed E-state index contributed by atoms with van der Waals surface area (Å²) in [4.78, 5) is 40.3. The van der Waals surface area contributed by atoms with Crippen LogP contribution in [0.25, 0.3) is 0 Å². The lowest BCUT2D eigenvalue weighted by atomic mass is 10.2. The van der Waals surface area contributed by atoms with E-state index in [0.29, 0.717) is 10.1 Å². The van der Waals surface area contributed by atoms with Crippen LogP contribution in [0.15, 0.2) is 40.6 Å². The van der Waals surface area contributed by atoms with Crippen molar-refractivity contribution in [3.05, 3.63) is 36.2 Å². The minimum atomic E-state index is -1.70. The molecular formula is C12H9N3O5S. The SMILES string of the molecule is O=C(O)C(=O)Nc1cc(Sc2ncc[nH]2)ccc1C(=O)O. The average Bonchev–Trinajstić information content (AvgIpc) is 2.91. The molecular weight excluding hydrogens is 298 g/mol. The van der Waals surface area contributed by atoms with E-state index < -0.39 is 17.8 Å². The van der Waals surface area contributed by atoms with Gasteiger partial charge in [0.1, 0.15) is 0 Å². The van der Waals surface area contributed by atoms with Gasteiger partial charge in [0.05, 0.1) is 11.3 Å². The number of aromatic nitrogens is 2. The van der Waals surface area contributed by atoms with E-state index >= 15 is 0 Å². The lowest BCUT2D eigenvalue weighted by Gasteiger charge is -2.08. The zero-order valence-corrected chi connectivity index (χ0v) is 11.2. The van der Waals surface area contributed by atoms with Crippen molar-refractivity contribution in [1.29, 1.82) is 0 Å². The Hall–Kier alpha value is -2.81. The highest BCUT2D eigenvalue weighted by atomic mass is 32.2. The zero-order valence-electron chi connectivity index (χ0n) is 10.4. The van der Waals surface area contributed by atoms with Gasteiger partial charge in [-0.2, -0.15) is 0 Å². The summed E-state index contributed by atoms with van der Waals surface area (Å²) in [5.74, 6) is -4.28. The molecule has 0 fully saturated rings. The maximum Gasteiger partial charge on any atom is 0.394 e. The summed E-state index contributed by atoms with van der Waals surface area (Å²) in [6, 6.07) is 4.19. The fraction of sp³-hybridized carbons (Fsp3) is 0. The number of rotatable bonds is 4. The molecule has 0 radical (unpaired) electrons. The van der Waals surface area contributed by atoms with Crippen LogP contribution in [0.1, 0.15) is 10.4 Å². The van der Waals surface area contributed by atoms with Gasteiger partial charge in [0, 0.05) is 17.3 Å². The molecule has 0 aliphatic heterocycles. The fourth-order valence-electron chi connectivity index (χ4n) is 1.47. The molecule has 1 heterocycles. The summed E-state index contributed by atoms with van der Waals surface area (Å²) in [5, 5.41) is 20.2. The van der Waals surface area contributed by atoms with Crippen LogP contribution in [0.4, 0.5) is 5.69 Å². The second kappa shape index (κ2) is 6.09. The first-order valence-electron chi connectivity index (χ1n) is 5.56. The van der Waals surface area contributed by atoms with Crippen LogP contribution >= 0.6 is 11.8 Å². The Morgan fingerprint density at radius 2 is 2.00 bits per heavy atom. The van der Waals surface area contributed by atoms with Crippen LogP contribution in [-0.2, 0) is 9.59 Å². The zero-order chi connectivity index (χ0) is 15.4. The van der Waals surface area contributed by atoms with E-state index in [-0.39, 0.29) is 11.3 Å². The summed E-state index contributed by atoms with van der Waals surface area (Å²) in [5.41, 5.74) is -0.292. The number of carboxylic acids is 2. The summed E-state index contributed by atoms with van der Waals surface area (Å²) < 4.78 is 0. The number of imidazole rings is 1. The summed E-state index contributed by atoms with van der Waals surface area (Å²) in [6.45, 7) is 0. The molecule has 1 aromatic heterocycles. The highest BCUT2D eigenvalue weighted by Gasteiger charge is 2.17. The lowest BCUT2D eigenvalue weighted by molar-refractivity contribution is -0.147. The topological polar surface area (TPSA) is 132 Å². The van der Waals surface area contributed by atoms with Gasteiger partial charge in [0.2, 0.25) is 0 Å². The van der Waals surface area contributed by atoms with E-state index in [1.165, 1.54) is 30.0 Å². The van der Waals surface area contributed by atoms with E-state index in [4.69, 9.17) is 10.2 Å². The monoisotopic (exact) mass is 307 g/mol. The van der Waals surface area contributed by atoms with E-state index in [0.717, 1.165) is 0 Å². The number of benzene rings is 1. The minimum Gasteiger partial charge on any atom is -0.478 e. The third-order valence-corrected chi connectivity index (χ3v) is 3.26. The van der Waals surface area contributed by atoms with Crippen LogP contribution in [0.5, 0.6) is 0 Å². The van der Waals surface area contributed by atoms with Crippen LogP contribution in [0.3, 0.4) is 0 Å². The fourth-order valence-corrected chi connectivity index (χ4v) is 2.25. The van der Waals surface area contributed by atoms with Crippen LogP contribution in [0, 0.1) is 0 Å². The molecule has 0 bridgehead atoms. The minimum absolute atomic E-state index is 0.0912. The molecule has 0 spiro atoms. The Balaban J connectivity index is 2.32. The van der Waals surface area contributed by atoms with E-state index in [2.05, 4.69) is 9.97 Å². The number of carboxylic acid groups (broad SMARTS) is 2. The van der Waals surface area contributed by atoms with Crippen LogP contribution in [-0.4, -0.2) is 38.0 Å². The molecule has 1 amide bonds. The molecule has 2 rings (SSSR count). The summed E-state index contributed by atoms with van der Waals surface area (Å²) >= 11 is 1.21. The maximum absolute atomic E-state index is 11.2. The Kier molecular flexibility index (Phi) is 4.24. The smallest absolute Gasteiger partial charge is 0.394 e. The van der Waals surface area contributed by atoms with Crippen molar-refractivity contribution in [2.75, 3.05) is 5.32 Å². The third-order valence-electron chi connectivity index (χ3n) is 2.35. The Bertz CT molecular complexity index is 699. The predicted octanol–water partition coefficient (Wildman–Crippen LogP) is 1.28. The molecule has 9 heteroatoms. The highest BCUT2D eigenvalue weighted by molar-refractivity contribution is 7.99. The Morgan fingerprint density at radius 3 is 2.57 bits per heavy atom. The number of amides is 1. The maximum atomic E-state index is 11.2. The number of aromatic carboxylic acids is 1. The highest BCUT2D eigenvalue weighted by Crippen LogP contribution is 2.29. The van der Waals surface area contributed by atoms with Gasteiger partial charge in [-0.15, -0.1) is 0 Å². The first kappa shape index (κ1) is 14.6. The molecule has 0 saturated carbocycles. The molecule has 2 aromatic rings. The normalized spacial score (nSPS) is 10.1. The third kappa shape index (κ3) is 3.60. The van der Waals surface area contributed by atoms with Gasteiger partial charge < -0.3 is 20.5 Å². The number of hydrogen-bond donors (Lipinski definition) is 4. The molecule has 0 aliphatic rings. The number of aliphatic carboxylic acids is 1. The molecule has 0 aliphatic carbocycles. The van der Waals surface area contributed by atoms with Crippen molar-refractivity contribution in [2.45, 2.75) is 10.1 Å². The number of carbonyl (C=O) groups is 3. The number of carbonyl (C=O) groups excluding carboxylic acids is 1. The van der Waals surface area contributed by atoms with Crippen molar-refractivity contribution in [3.63, 3.8) is 0 Å². The first-order valence-corrected chi connectivity index (χ1v) is 6.38. The second-order valence-electron chi connectivity index (χ2n) is 3.77. The number of nitrogens with one attached hydrogen (secondary N) is 2. The quantitative estimate of drug-likeness (QED) is 0.625. The number of anilines is 1. The van der Waals surface area contributed by atoms with Crippen molar-refractivity contribution < 1.29 is 24.6 Å². The standard InChI is InChI=1S/C12H9N3O5S/c16-9(11(19)20)15-8-5-6(1-2-7(8)10(17)18)21-12-13-3-4-14-12/h1-5H,(H,13,14)(H,15,16)(H,17,18)(H,19,20). The molecule has 1 aromatic carbocycles. The largest absolute Gasteiger partial charge is 0.478 e. The Labute approximate surface area is 122 Å². The van der Waals surface area contributed by atoms with Gasteiger partial charge in [-0.3, -0.25) is 4.79 Å². The van der Waals surface area contributed by atoms with Gasteiger partial charge in [-0.25, -0.2) is 14.6 Å². The number of hydrogen-bond acceptors (Lipinski definition) is 5. The lowest BCUT2D eigenvalue weighted by Crippen LogP contribution is -2.23. The Morgan fingerprint density at radius 1 is 1.24 bits per heavy atom. The average molecular weight is 307 g/mol. The van der Waals surface area contributed by atoms with Crippen molar-refractivity contribution >= 4 is 35.3 Å². The van der Waals surface area contributed by atoms with Gasteiger partial charge >= 0.3 is 17.8 Å². The van der Waals surface area contributed by atoms with Gasteiger partial charge in [0.25, 0.3) is 0 Å². The van der Waals surface area contributed by atoms with Gasteiger partial charge in [-0.1, -0.05) is 11.8 Å². The first-order chi connectivity index (χ1) is 9.97. The van der Waals surface area contributed by atoms with E-state index in [1.54, 1.807) is 12.4 Å². The number of H-pyrrole nitrogens is 1. The van der Waals surface area contributed by atoms with Crippen LogP contribution in [0.2, 0.25) is 0 Å². The molecule has 21 heavy (non-hydrogen) atoms. The number of aromatic amines is 1. The summed E-state index contributed by atoms with van der Waals surface area (Å²) in [6.07, 6.45) is 3.18. The molecule has 8 nitrogen and oxygen atoms in total. The summed E-state index contributed by atoms with van der Waals surface area (Å²) in [7, 11) is 0. The molecule has 108 valence electrons. The molecule has 0 unspecified atom stereocenters. The molecule has 4 N–H and O–H groups in total. The van der Waals surface area contributed by atoms with E-state index in [1.807, 2.05) is 5.32 Å².